The first kappa shape index (κ1) is 9.27. The van der Waals surface area contributed by atoms with Gasteiger partial charge in [-0.1, -0.05) is 28.1 Å². The van der Waals surface area contributed by atoms with Gasteiger partial charge in [0, 0.05) is 23.2 Å². The maximum atomic E-state index is 11.1. The van der Waals surface area contributed by atoms with Crippen molar-refractivity contribution in [3.05, 3.63) is 45.2 Å². The van der Waals surface area contributed by atoms with E-state index in [0.717, 1.165) is 15.7 Å². The first-order valence-corrected chi connectivity index (χ1v) is 4.98. The van der Waals surface area contributed by atoms with Gasteiger partial charge in [-0.2, -0.15) is 0 Å². The fraction of sp³-hybridized carbons (Fsp3) is 0.100. The van der Waals surface area contributed by atoms with Crippen LogP contribution in [0.25, 0.3) is 11.3 Å². The monoisotopic (exact) mass is 252 g/mol. The van der Waals surface area contributed by atoms with Crippen LogP contribution in [0.5, 0.6) is 0 Å². The normalized spacial score (nSPS) is 10.4. The van der Waals surface area contributed by atoms with Crippen LogP contribution < -0.4 is 5.56 Å². The van der Waals surface area contributed by atoms with Crippen molar-refractivity contribution >= 4 is 15.9 Å². The number of hydrogen-bond donors (Lipinski definition) is 1. The Balaban J connectivity index is 2.59. The van der Waals surface area contributed by atoms with E-state index in [-0.39, 0.29) is 5.56 Å². The molecule has 0 spiro atoms. The molecule has 0 unspecified atom stereocenters. The number of aromatic nitrogens is 2. The fourth-order valence-electron chi connectivity index (χ4n) is 1.40. The highest BCUT2D eigenvalue weighted by Crippen LogP contribution is 2.20. The molecule has 2 aromatic rings. The van der Waals surface area contributed by atoms with Crippen molar-refractivity contribution in [2.45, 2.75) is 0 Å². The van der Waals surface area contributed by atoms with Crippen molar-refractivity contribution in [1.29, 1.82) is 0 Å². The molecule has 0 aliphatic heterocycles. The summed E-state index contributed by atoms with van der Waals surface area (Å²) in [5, 5.41) is 2.67. The number of benzene rings is 1. The molecule has 14 heavy (non-hydrogen) atoms. The fourth-order valence-corrected chi connectivity index (χ4v) is 1.80. The number of aryl methyl sites for hydroxylation is 1. The molecule has 72 valence electrons. The van der Waals surface area contributed by atoms with Crippen molar-refractivity contribution in [3.8, 4) is 11.3 Å². The average molecular weight is 253 g/mol. The zero-order valence-corrected chi connectivity index (χ0v) is 9.21. The zero-order chi connectivity index (χ0) is 10.1. The van der Waals surface area contributed by atoms with Crippen LogP contribution in [0.3, 0.4) is 0 Å². The third-order valence-corrected chi connectivity index (χ3v) is 2.52. The zero-order valence-electron chi connectivity index (χ0n) is 7.62. The molecule has 0 aliphatic rings. The Bertz CT molecular complexity index is 513. The molecular weight excluding hydrogens is 244 g/mol. The highest BCUT2D eigenvalue weighted by atomic mass is 79.9. The van der Waals surface area contributed by atoms with Crippen molar-refractivity contribution < 1.29 is 0 Å². The topological polar surface area (TPSA) is 37.8 Å². The van der Waals surface area contributed by atoms with Gasteiger partial charge < -0.3 is 0 Å². The average Bonchev–Trinajstić information content (AvgIpc) is 2.45. The molecule has 0 atom stereocenters. The number of aromatic amines is 1. The Morgan fingerprint density at radius 2 is 2.14 bits per heavy atom. The molecule has 4 heteroatoms. The van der Waals surface area contributed by atoms with Crippen LogP contribution in [0.1, 0.15) is 0 Å². The molecule has 0 bridgehead atoms. The van der Waals surface area contributed by atoms with Crippen LogP contribution in [0.4, 0.5) is 0 Å². The van der Waals surface area contributed by atoms with Crippen LogP contribution in [0.2, 0.25) is 0 Å². The van der Waals surface area contributed by atoms with Crippen LogP contribution in [-0.4, -0.2) is 9.78 Å². The maximum absolute atomic E-state index is 11.1. The number of nitrogens with one attached hydrogen (secondary N) is 1. The maximum Gasteiger partial charge on any atom is 0.264 e. The Labute approximate surface area is 89.5 Å². The van der Waals surface area contributed by atoms with Gasteiger partial charge in [0.1, 0.15) is 0 Å². The van der Waals surface area contributed by atoms with E-state index in [1.54, 1.807) is 10.7 Å². The first-order chi connectivity index (χ1) is 6.66. The van der Waals surface area contributed by atoms with E-state index in [1.807, 2.05) is 31.3 Å². The van der Waals surface area contributed by atoms with E-state index in [1.165, 1.54) is 0 Å². The lowest BCUT2D eigenvalue weighted by atomic mass is 10.1. The molecule has 0 saturated heterocycles. The molecule has 0 aliphatic carbocycles. The van der Waals surface area contributed by atoms with Gasteiger partial charge in [0.05, 0.1) is 5.69 Å². The lowest BCUT2D eigenvalue weighted by Gasteiger charge is -2.02. The van der Waals surface area contributed by atoms with Gasteiger partial charge in [-0.15, -0.1) is 0 Å². The summed E-state index contributed by atoms with van der Waals surface area (Å²) in [6, 6.07) is 9.42. The number of nitrogens with zero attached hydrogens (tertiary/aromatic N) is 1. The SMILES string of the molecule is Cn1[nH]c(=O)cc1-c1cccc(Br)c1. The van der Waals surface area contributed by atoms with E-state index >= 15 is 0 Å². The standard InChI is InChI=1S/C10H9BrN2O/c1-13-9(6-10(14)12-13)7-3-2-4-8(11)5-7/h2-6H,1H3,(H,12,14). The van der Waals surface area contributed by atoms with Crippen molar-refractivity contribution in [1.82, 2.24) is 9.78 Å². The highest BCUT2D eigenvalue weighted by molar-refractivity contribution is 9.10. The molecule has 0 fully saturated rings. The summed E-state index contributed by atoms with van der Waals surface area (Å²) < 4.78 is 2.72. The quantitative estimate of drug-likeness (QED) is 0.830. The number of hydrogen-bond acceptors (Lipinski definition) is 1. The number of rotatable bonds is 1. The van der Waals surface area contributed by atoms with Gasteiger partial charge in [0.25, 0.3) is 5.56 Å². The van der Waals surface area contributed by atoms with Crippen LogP contribution in [0, 0.1) is 0 Å². The van der Waals surface area contributed by atoms with Gasteiger partial charge in [0.15, 0.2) is 0 Å². The molecular formula is C10H9BrN2O. The van der Waals surface area contributed by atoms with Crippen LogP contribution in [0.15, 0.2) is 39.6 Å². The second-order valence-electron chi connectivity index (χ2n) is 3.07. The minimum Gasteiger partial charge on any atom is -0.288 e. The predicted octanol–water partition coefficient (Wildman–Crippen LogP) is 2.14. The summed E-state index contributed by atoms with van der Waals surface area (Å²) in [7, 11) is 1.82. The summed E-state index contributed by atoms with van der Waals surface area (Å²) >= 11 is 3.39. The molecule has 0 amide bonds. The number of H-pyrrole nitrogens is 1. The highest BCUT2D eigenvalue weighted by Gasteiger charge is 2.03. The summed E-state index contributed by atoms with van der Waals surface area (Å²) in [6.45, 7) is 0. The Kier molecular flexibility index (Phi) is 2.29. The van der Waals surface area contributed by atoms with E-state index in [0.29, 0.717) is 0 Å². The van der Waals surface area contributed by atoms with E-state index < -0.39 is 0 Å². The Hall–Kier alpha value is -1.29. The molecule has 0 saturated carbocycles. The second-order valence-corrected chi connectivity index (χ2v) is 3.99. The number of halogens is 1. The van der Waals surface area contributed by atoms with Crippen molar-refractivity contribution in [2.24, 2.45) is 7.05 Å². The molecule has 3 nitrogen and oxygen atoms in total. The summed E-state index contributed by atoms with van der Waals surface area (Å²) in [5.41, 5.74) is 1.82. The summed E-state index contributed by atoms with van der Waals surface area (Å²) in [6.07, 6.45) is 0. The van der Waals surface area contributed by atoms with Gasteiger partial charge in [-0.05, 0) is 12.1 Å². The summed E-state index contributed by atoms with van der Waals surface area (Å²) in [5.74, 6) is 0. The van der Waals surface area contributed by atoms with Gasteiger partial charge in [0.2, 0.25) is 0 Å². The van der Waals surface area contributed by atoms with Crippen molar-refractivity contribution in [2.75, 3.05) is 0 Å². The third kappa shape index (κ3) is 1.65. The molecule has 2 rings (SSSR count). The molecule has 1 aromatic carbocycles. The Morgan fingerprint density at radius 3 is 2.71 bits per heavy atom. The summed E-state index contributed by atoms with van der Waals surface area (Å²) in [4.78, 5) is 11.1. The minimum absolute atomic E-state index is 0.0810. The molecule has 0 radical (unpaired) electrons. The van der Waals surface area contributed by atoms with E-state index in [9.17, 15) is 4.79 Å². The largest absolute Gasteiger partial charge is 0.288 e. The first-order valence-electron chi connectivity index (χ1n) is 4.19. The lowest BCUT2D eigenvalue weighted by Crippen LogP contribution is -2.00. The van der Waals surface area contributed by atoms with Gasteiger partial charge in [-0.25, -0.2) is 0 Å². The van der Waals surface area contributed by atoms with Crippen molar-refractivity contribution in [3.63, 3.8) is 0 Å². The molecule has 1 aromatic heterocycles. The molecule has 1 N–H and O–H groups in total. The third-order valence-electron chi connectivity index (χ3n) is 2.03. The van der Waals surface area contributed by atoms with E-state index in [4.69, 9.17) is 0 Å². The predicted molar refractivity (Wildman–Crippen MR) is 59.2 cm³/mol. The Morgan fingerprint density at radius 1 is 1.36 bits per heavy atom. The van der Waals surface area contributed by atoms with Crippen LogP contribution >= 0.6 is 15.9 Å². The molecule has 1 heterocycles. The van der Waals surface area contributed by atoms with Gasteiger partial charge >= 0.3 is 0 Å². The second kappa shape index (κ2) is 3.46. The lowest BCUT2D eigenvalue weighted by molar-refractivity contribution is 0.764. The van der Waals surface area contributed by atoms with Gasteiger partial charge in [-0.3, -0.25) is 14.6 Å². The van der Waals surface area contributed by atoms with E-state index in [2.05, 4.69) is 21.0 Å². The van der Waals surface area contributed by atoms with Crippen LogP contribution in [-0.2, 0) is 7.05 Å². The minimum atomic E-state index is -0.0810. The smallest absolute Gasteiger partial charge is 0.264 e.